The number of ether oxygens (including phenoxy) is 5. The molecule has 126 valence electrons. The Morgan fingerprint density at radius 1 is 0.955 bits per heavy atom. The lowest BCUT2D eigenvalue weighted by Gasteiger charge is -2.42. The first kappa shape index (κ1) is 18.3. The number of aliphatic hydroxyl groups is 1. The molecule has 1 aliphatic heterocycles. The predicted molar refractivity (Wildman–Crippen MR) is 69.4 cm³/mol. The summed E-state index contributed by atoms with van der Waals surface area (Å²) in [5, 5.41) is 9.96. The van der Waals surface area contributed by atoms with Crippen LogP contribution in [0.2, 0.25) is 0 Å². The van der Waals surface area contributed by atoms with Gasteiger partial charge in [-0.15, -0.1) is 0 Å². The SMILES string of the molecule is CO[C@@H]1C(COC(C)=O)O[C@@H](O)C(OC(C)=O)[C@H]1OC(C)=O. The molecule has 0 radical (unpaired) electrons. The van der Waals surface area contributed by atoms with Gasteiger partial charge in [0.25, 0.3) is 0 Å². The molecule has 5 atom stereocenters. The van der Waals surface area contributed by atoms with Crippen LogP contribution in [0.5, 0.6) is 0 Å². The van der Waals surface area contributed by atoms with Crippen molar-refractivity contribution in [3.05, 3.63) is 0 Å². The molecule has 2 unspecified atom stereocenters. The van der Waals surface area contributed by atoms with E-state index in [1.807, 2.05) is 0 Å². The fraction of sp³-hybridized carbons (Fsp3) is 0.769. The molecule has 0 aliphatic carbocycles. The van der Waals surface area contributed by atoms with E-state index in [0.717, 1.165) is 6.92 Å². The van der Waals surface area contributed by atoms with Crippen LogP contribution in [0.3, 0.4) is 0 Å². The normalized spacial score (nSPS) is 31.2. The molecule has 1 aliphatic rings. The number of carbonyl (C=O) groups is 3. The molecule has 9 heteroatoms. The molecule has 1 rings (SSSR count). The molecule has 1 heterocycles. The topological polar surface area (TPSA) is 118 Å². The molecule has 0 bridgehead atoms. The molecule has 0 aromatic rings. The van der Waals surface area contributed by atoms with E-state index in [-0.39, 0.29) is 6.61 Å². The lowest BCUT2D eigenvalue weighted by Crippen LogP contribution is -2.61. The molecule has 22 heavy (non-hydrogen) atoms. The van der Waals surface area contributed by atoms with Gasteiger partial charge in [-0.25, -0.2) is 0 Å². The van der Waals surface area contributed by atoms with Crippen molar-refractivity contribution in [2.45, 2.75) is 51.5 Å². The van der Waals surface area contributed by atoms with E-state index in [1.54, 1.807) is 0 Å². The number of aliphatic hydroxyl groups excluding tert-OH is 1. The largest absolute Gasteiger partial charge is 0.463 e. The molecule has 0 saturated carbocycles. The van der Waals surface area contributed by atoms with Gasteiger partial charge < -0.3 is 28.8 Å². The second-order valence-electron chi connectivity index (χ2n) is 4.72. The van der Waals surface area contributed by atoms with Crippen LogP contribution in [-0.2, 0) is 38.1 Å². The lowest BCUT2D eigenvalue weighted by atomic mass is 9.98. The minimum Gasteiger partial charge on any atom is -0.463 e. The zero-order chi connectivity index (χ0) is 16.9. The van der Waals surface area contributed by atoms with Gasteiger partial charge in [0.1, 0.15) is 18.8 Å². The smallest absolute Gasteiger partial charge is 0.303 e. The van der Waals surface area contributed by atoms with Crippen molar-refractivity contribution in [3.63, 3.8) is 0 Å². The van der Waals surface area contributed by atoms with Crippen molar-refractivity contribution < 1.29 is 43.2 Å². The maximum absolute atomic E-state index is 11.3. The third-order valence-electron chi connectivity index (χ3n) is 2.94. The van der Waals surface area contributed by atoms with E-state index in [2.05, 4.69) is 0 Å². The van der Waals surface area contributed by atoms with Crippen molar-refractivity contribution in [1.82, 2.24) is 0 Å². The first-order valence-corrected chi connectivity index (χ1v) is 6.60. The van der Waals surface area contributed by atoms with E-state index in [4.69, 9.17) is 23.7 Å². The summed E-state index contributed by atoms with van der Waals surface area (Å²) in [6.07, 6.45) is -5.69. The molecular weight excluding hydrogens is 300 g/mol. The molecule has 1 fully saturated rings. The van der Waals surface area contributed by atoms with Crippen molar-refractivity contribution in [3.8, 4) is 0 Å². The first-order valence-electron chi connectivity index (χ1n) is 6.60. The zero-order valence-corrected chi connectivity index (χ0v) is 12.8. The molecular formula is C13H20O9. The Balaban J connectivity index is 2.96. The molecule has 1 saturated heterocycles. The van der Waals surface area contributed by atoms with Crippen LogP contribution in [0.15, 0.2) is 0 Å². The Morgan fingerprint density at radius 3 is 1.95 bits per heavy atom. The molecule has 1 N–H and O–H groups in total. The summed E-state index contributed by atoms with van der Waals surface area (Å²) in [5.74, 6) is -1.87. The van der Waals surface area contributed by atoms with Crippen LogP contribution in [0.1, 0.15) is 20.8 Å². The van der Waals surface area contributed by atoms with Gasteiger partial charge >= 0.3 is 17.9 Å². The van der Waals surface area contributed by atoms with Gasteiger partial charge in [0, 0.05) is 27.9 Å². The summed E-state index contributed by atoms with van der Waals surface area (Å²) in [5.41, 5.74) is 0. The van der Waals surface area contributed by atoms with Gasteiger partial charge in [0.05, 0.1) is 0 Å². The average Bonchev–Trinajstić information content (AvgIpc) is 2.39. The summed E-state index contributed by atoms with van der Waals surface area (Å²) in [6, 6.07) is 0. The van der Waals surface area contributed by atoms with Gasteiger partial charge in [-0.2, -0.15) is 0 Å². The lowest BCUT2D eigenvalue weighted by molar-refractivity contribution is -0.297. The van der Waals surface area contributed by atoms with Crippen LogP contribution in [0.4, 0.5) is 0 Å². The van der Waals surface area contributed by atoms with Crippen LogP contribution in [0.25, 0.3) is 0 Å². The number of methoxy groups -OCH3 is 1. The van der Waals surface area contributed by atoms with Crippen LogP contribution < -0.4 is 0 Å². The van der Waals surface area contributed by atoms with Gasteiger partial charge in [-0.3, -0.25) is 14.4 Å². The highest BCUT2D eigenvalue weighted by molar-refractivity contribution is 5.67. The summed E-state index contributed by atoms with van der Waals surface area (Å²) in [7, 11) is 1.33. The highest BCUT2D eigenvalue weighted by Gasteiger charge is 2.50. The zero-order valence-electron chi connectivity index (χ0n) is 12.8. The fourth-order valence-electron chi connectivity index (χ4n) is 2.16. The minimum absolute atomic E-state index is 0.213. The van der Waals surface area contributed by atoms with E-state index < -0.39 is 48.6 Å². The molecule has 0 amide bonds. The summed E-state index contributed by atoms with van der Waals surface area (Å²) in [4.78, 5) is 33.3. The van der Waals surface area contributed by atoms with Gasteiger partial charge in [-0.1, -0.05) is 0 Å². The maximum Gasteiger partial charge on any atom is 0.303 e. The van der Waals surface area contributed by atoms with Crippen molar-refractivity contribution >= 4 is 17.9 Å². The second kappa shape index (κ2) is 8.06. The number of rotatable bonds is 5. The maximum atomic E-state index is 11.3. The summed E-state index contributed by atoms with van der Waals surface area (Å²) >= 11 is 0. The highest BCUT2D eigenvalue weighted by Crippen LogP contribution is 2.27. The average molecular weight is 320 g/mol. The molecule has 9 nitrogen and oxygen atoms in total. The number of hydrogen-bond donors (Lipinski definition) is 1. The first-order chi connectivity index (χ1) is 10.3. The van der Waals surface area contributed by atoms with E-state index in [9.17, 15) is 19.5 Å². The minimum atomic E-state index is -1.56. The fourth-order valence-corrected chi connectivity index (χ4v) is 2.16. The Kier molecular flexibility index (Phi) is 6.72. The Bertz CT molecular complexity index is 422. The van der Waals surface area contributed by atoms with E-state index in [0.29, 0.717) is 0 Å². The van der Waals surface area contributed by atoms with Gasteiger partial charge in [0.15, 0.2) is 18.5 Å². The standard InChI is InChI=1S/C13H20O9/c1-6(14)19-5-9-10(18-4)11(20-7(2)15)12(13(17)22-9)21-8(3)16/h9-13,17H,5H2,1-4H3/t9?,10-,11+,12?,13-/m1/s1. The van der Waals surface area contributed by atoms with Crippen LogP contribution in [-0.4, -0.2) is 67.4 Å². The monoisotopic (exact) mass is 320 g/mol. The van der Waals surface area contributed by atoms with Crippen molar-refractivity contribution in [1.29, 1.82) is 0 Å². The Labute approximate surface area is 127 Å². The second-order valence-corrected chi connectivity index (χ2v) is 4.72. The molecule has 0 spiro atoms. The Hall–Kier alpha value is -1.71. The van der Waals surface area contributed by atoms with Crippen LogP contribution in [0, 0.1) is 0 Å². The summed E-state index contributed by atoms with van der Waals surface area (Å²) in [6.45, 7) is 3.31. The summed E-state index contributed by atoms with van der Waals surface area (Å²) < 4.78 is 25.3. The highest BCUT2D eigenvalue weighted by atomic mass is 16.7. The third-order valence-corrected chi connectivity index (χ3v) is 2.94. The number of esters is 3. The van der Waals surface area contributed by atoms with Crippen LogP contribution >= 0.6 is 0 Å². The van der Waals surface area contributed by atoms with Crippen molar-refractivity contribution in [2.24, 2.45) is 0 Å². The molecule has 0 aromatic heterocycles. The quantitative estimate of drug-likeness (QED) is 0.510. The number of carbonyl (C=O) groups excluding carboxylic acids is 3. The predicted octanol–water partition coefficient (Wildman–Crippen LogP) is -0.855. The van der Waals surface area contributed by atoms with Gasteiger partial charge in [-0.05, 0) is 0 Å². The molecule has 0 aromatic carbocycles. The van der Waals surface area contributed by atoms with E-state index >= 15 is 0 Å². The van der Waals surface area contributed by atoms with E-state index in [1.165, 1.54) is 21.0 Å². The number of hydrogen-bond acceptors (Lipinski definition) is 9. The third kappa shape index (κ3) is 4.93. The van der Waals surface area contributed by atoms with Gasteiger partial charge in [0.2, 0.25) is 0 Å². The Morgan fingerprint density at radius 2 is 1.50 bits per heavy atom. The van der Waals surface area contributed by atoms with Crippen molar-refractivity contribution in [2.75, 3.05) is 13.7 Å².